The van der Waals surface area contributed by atoms with Crippen molar-refractivity contribution < 1.29 is 27.3 Å². The average molecular weight is 448 g/mol. The summed E-state index contributed by atoms with van der Waals surface area (Å²) in [5.74, 6) is 1.30. The molecule has 1 heterocycles. The lowest BCUT2D eigenvalue weighted by molar-refractivity contribution is -0.385. The van der Waals surface area contributed by atoms with Crippen molar-refractivity contribution in [3.8, 4) is 22.9 Å². The number of benzene rings is 2. The van der Waals surface area contributed by atoms with Gasteiger partial charge in [-0.05, 0) is 25.1 Å². The molecule has 3 rings (SSSR count). The lowest BCUT2D eigenvalue weighted by Gasteiger charge is -2.15. The lowest BCUT2D eigenvalue weighted by atomic mass is 10.2. The Balaban J connectivity index is 1.85. The number of aryl methyl sites for hydroxylation is 1. The third-order valence-corrected chi connectivity index (χ3v) is 6.36. The van der Waals surface area contributed by atoms with Crippen LogP contribution >= 0.6 is 0 Å². The third kappa shape index (κ3) is 4.49. The van der Waals surface area contributed by atoms with Crippen LogP contribution < -0.4 is 9.47 Å². The second-order valence-electron chi connectivity index (χ2n) is 6.54. The first-order chi connectivity index (χ1) is 14.7. The highest BCUT2D eigenvalue weighted by atomic mass is 32.2. The molecule has 0 bridgehead atoms. The third-order valence-electron chi connectivity index (χ3n) is 4.56. The van der Waals surface area contributed by atoms with Crippen molar-refractivity contribution in [3.05, 3.63) is 58.0 Å². The van der Waals surface area contributed by atoms with E-state index < -0.39 is 14.9 Å². The molecule has 0 unspecified atom stereocenters. The number of sulfonamides is 1. The number of ether oxygens (including phenoxy) is 2. The zero-order valence-electron chi connectivity index (χ0n) is 17.2. The maximum absolute atomic E-state index is 12.8. The minimum atomic E-state index is -4.03. The SMILES string of the molecule is COc1ccc(-c2noc(CN(C)S(=O)(=O)c3ccc(C)c([N+](=O)[O-])c3)n2)c(OC)c1. The lowest BCUT2D eigenvalue weighted by Crippen LogP contribution is -2.26. The predicted octanol–water partition coefficient (Wildman–Crippen LogP) is 2.79. The van der Waals surface area contributed by atoms with Crippen LogP contribution in [0.1, 0.15) is 11.5 Å². The number of hydrogen-bond acceptors (Lipinski definition) is 9. The highest BCUT2D eigenvalue weighted by molar-refractivity contribution is 7.89. The quantitative estimate of drug-likeness (QED) is 0.376. The Morgan fingerprint density at radius 1 is 1.16 bits per heavy atom. The monoisotopic (exact) mass is 448 g/mol. The topological polar surface area (TPSA) is 138 Å². The van der Waals surface area contributed by atoms with Gasteiger partial charge >= 0.3 is 0 Å². The fourth-order valence-electron chi connectivity index (χ4n) is 2.81. The molecule has 31 heavy (non-hydrogen) atoms. The summed E-state index contributed by atoms with van der Waals surface area (Å²) < 4.78 is 42.3. The van der Waals surface area contributed by atoms with E-state index in [0.717, 1.165) is 10.4 Å². The summed E-state index contributed by atoms with van der Waals surface area (Å²) in [4.78, 5) is 14.5. The van der Waals surface area contributed by atoms with Crippen molar-refractivity contribution in [3.63, 3.8) is 0 Å². The summed E-state index contributed by atoms with van der Waals surface area (Å²) in [6.07, 6.45) is 0. The van der Waals surface area contributed by atoms with E-state index in [2.05, 4.69) is 10.1 Å². The van der Waals surface area contributed by atoms with Crippen molar-refractivity contribution in [1.82, 2.24) is 14.4 Å². The summed E-state index contributed by atoms with van der Waals surface area (Å²) in [6.45, 7) is 1.31. The number of nitrogens with zero attached hydrogens (tertiary/aromatic N) is 4. The first kappa shape index (κ1) is 22.2. The summed E-state index contributed by atoms with van der Waals surface area (Å²) in [7, 11) is 0.305. The molecule has 0 N–H and O–H groups in total. The highest BCUT2D eigenvalue weighted by Crippen LogP contribution is 2.32. The van der Waals surface area contributed by atoms with Crippen LogP contribution in [0.5, 0.6) is 11.5 Å². The van der Waals surface area contributed by atoms with Gasteiger partial charge in [-0.25, -0.2) is 8.42 Å². The molecule has 0 saturated carbocycles. The molecule has 0 fully saturated rings. The molecule has 0 spiro atoms. The van der Waals surface area contributed by atoms with Gasteiger partial charge in [0.15, 0.2) is 0 Å². The molecule has 0 radical (unpaired) electrons. The Kier molecular flexibility index (Phi) is 6.22. The van der Waals surface area contributed by atoms with E-state index >= 15 is 0 Å². The van der Waals surface area contributed by atoms with Crippen LogP contribution in [-0.4, -0.2) is 49.1 Å². The molecule has 0 atom stereocenters. The highest BCUT2D eigenvalue weighted by Gasteiger charge is 2.26. The van der Waals surface area contributed by atoms with Crippen molar-refractivity contribution in [2.24, 2.45) is 0 Å². The number of hydrogen-bond donors (Lipinski definition) is 0. The van der Waals surface area contributed by atoms with Crippen LogP contribution in [0.2, 0.25) is 0 Å². The fraction of sp³-hybridized carbons (Fsp3) is 0.263. The minimum absolute atomic E-state index is 0.0422. The van der Waals surface area contributed by atoms with E-state index in [1.165, 1.54) is 40.3 Å². The van der Waals surface area contributed by atoms with Gasteiger partial charge in [-0.3, -0.25) is 10.1 Å². The average Bonchev–Trinajstić information content (AvgIpc) is 3.21. The first-order valence-electron chi connectivity index (χ1n) is 8.93. The zero-order chi connectivity index (χ0) is 22.8. The molecule has 0 aliphatic heterocycles. The molecule has 0 saturated heterocycles. The number of nitro groups is 1. The van der Waals surface area contributed by atoms with Crippen LogP contribution in [0.3, 0.4) is 0 Å². The number of aromatic nitrogens is 2. The summed E-state index contributed by atoms with van der Waals surface area (Å²) >= 11 is 0. The standard InChI is InChI=1S/C19H20N4O7S/c1-12-5-7-14(10-16(12)23(24)25)31(26,27)22(2)11-18-20-19(21-30-18)15-8-6-13(28-3)9-17(15)29-4/h5-10H,11H2,1-4H3. The Labute approximate surface area is 178 Å². The second kappa shape index (κ2) is 8.70. The molecule has 3 aromatic rings. The molecule has 0 amide bonds. The van der Waals surface area contributed by atoms with Crippen LogP contribution in [0.25, 0.3) is 11.4 Å². The predicted molar refractivity (Wildman–Crippen MR) is 109 cm³/mol. The van der Waals surface area contributed by atoms with Crippen LogP contribution in [0.4, 0.5) is 5.69 Å². The van der Waals surface area contributed by atoms with Crippen molar-refractivity contribution in [2.45, 2.75) is 18.4 Å². The molecule has 2 aromatic carbocycles. The molecule has 1 aromatic heterocycles. The van der Waals surface area contributed by atoms with Crippen LogP contribution in [0.15, 0.2) is 45.8 Å². The molecule has 12 heteroatoms. The second-order valence-corrected chi connectivity index (χ2v) is 8.59. The molecule has 0 aliphatic rings. The van der Waals surface area contributed by atoms with Gasteiger partial charge in [0.25, 0.3) is 5.69 Å². The van der Waals surface area contributed by atoms with Crippen LogP contribution in [0, 0.1) is 17.0 Å². The van der Waals surface area contributed by atoms with Gasteiger partial charge in [-0.2, -0.15) is 9.29 Å². The molecule has 11 nitrogen and oxygen atoms in total. The zero-order valence-corrected chi connectivity index (χ0v) is 18.0. The van der Waals surface area contributed by atoms with E-state index in [1.807, 2.05) is 0 Å². The van der Waals surface area contributed by atoms with Crippen LogP contribution in [-0.2, 0) is 16.6 Å². The maximum Gasteiger partial charge on any atom is 0.273 e. The van der Waals surface area contributed by atoms with Gasteiger partial charge in [-0.1, -0.05) is 11.2 Å². The van der Waals surface area contributed by atoms with Gasteiger partial charge in [0, 0.05) is 24.7 Å². The number of nitro benzene ring substituents is 1. The van der Waals surface area contributed by atoms with Gasteiger partial charge in [0.1, 0.15) is 11.5 Å². The van der Waals surface area contributed by atoms with Gasteiger partial charge < -0.3 is 14.0 Å². The molecule has 0 aliphatic carbocycles. The molecule has 164 valence electrons. The maximum atomic E-state index is 12.8. The number of rotatable bonds is 8. The van der Waals surface area contributed by atoms with E-state index in [9.17, 15) is 18.5 Å². The van der Waals surface area contributed by atoms with E-state index in [4.69, 9.17) is 14.0 Å². The molecular formula is C19H20N4O7S. The minimum Gasteiger partial charge on any atom is -0.497 e. The Morgan fingerprint density at radius 2 is 1.90 bits per heavy atom. The normalized spacial score (nSPS) is 11.5. The van der Waals surface area contributed by atoms with E-state index in [0.29, 0.717) is 22.6 Å². The Bertz CT molecular complexity index is 1220. The van der Waals surface area contributed by atoms with Crippen molar-refractivity contribution in [1.29, 1.82) is 0 Å². The van der Waals surface area contributed by atoms with E-state index in [1.54, 1.807) is 18.2 Å². The molecular weight excluding hydrogens is 428 g/mol. The van der Waals surface area contributed by atoms with Gasteiger partial charge in [0.2, 0.25) is 21.7 Å². The summed E-state index contributed by atoms with van der Waals surface area (Å²) in [5, 5.41) is 15.0. The summed E-state index contributed by atoms with van der Waals surface area (Å²) in [6, 6.07) is 8.79. The largest absolute Gasteiger partial charge is 0.497 e. The van der Waals surface area contributed by atoms with Gasteiger partial charge in [-0.15, -0.1) is 0 Å². The smallest absolute Gasteiger partial charge is 0.273 e. The van der Waals surface area contributed by atoms with Gasteiger partial charge in [0.05, 0.1) is 36.1 Å². The van der Waals surface area contributed by atoms with E-state index in [-0.39, 0.29) is 28.8 Å². The fourth-order valence-corrected chi connectivity index (χ4v) is 3.95. The first-order valence-corrected chi connectivity index (χ1v) is 10.4. The van der Waals surface area contributed by atoms with Crippen molar-refractivity contribution >= 4 is 15.7 Å². The number of methoxy groups -OCH3 is 2. The Morgan fingerprint density at radius 3 is 2.55 bits per heavy atom. The Hall–Kier alpha value is -3.51. The summed E-state index contributed by atoms with van der Waals surface area (Å²) in [5.41, 5.74) is 0.626. The van der Waals surface area contributed by atoms with Crippen molar-refractivity contribution in [2.75, 3.05) is 21.3 Å².